The molecule has 52 valence electrons. The van der Waals surface area contributed by atoms with Gasteiger partial charge in [-0.15, -0.1) is 0 Å². The van der Waals surface area contributed by atoms with Crippen molar-refractivity contribution in [1.29, 1.82) is 5.41 Å². The highest BCUT2D eigenvalue weighted by atomic mass is 127. The lowest BCUT2D eigenvalue weighted by Gasteiger charge is -2.00. The van der Waals surface area contributed by atoms with Crippen LogP contribution in [0.2, 0.25) is 0 Å². The molecule has 0 aliphatic heterocycles. The number of nitrogens with one attached hydrogen (secondary N) is 2. The number of allylic oxidation sites excluding steroid dienone is 1. The molecule has 0 unspecified atom stereocenters. The molecule has 0 spiro atoms. The van der Waals surface area contributed by atoms with Crippen molar-refractivity contribution >= 4 is 39.4 Å². The smallest absolute Gasteiger partial charge is 0.126 e. The normalized spacial score (nSPS) is 12.4. The summed E-state index contributed by atoms with van der Waals surface area (Å²) in [5.74, 6) is 0. The first-order valence-electron chi connectivity index (χ1n) is 2.38. The van der Waals surface area contributed by atoms with Gasteiger partial charge >= 0.3 is 0 Å². The summed E-state index contributed by atoms with van der Waals surface area (Å²) in [5.41, 5.74) is 0.778. The van der Waals surface area contributed by atoms with E-state index in [0.717, 1.165) is 9.28 Å². The second-order valence-electron chi connectivity index (χ2n) is 1.50. The lowest BCUT2D eigenvalue weighted by molar-refractivity contribution is 1.08. The number of hydrogen-bond acceptors (Lipinski definition) is 2. The molecular formula is C5H8ClIN2. The Morgan fingerprint density at radius 1 is 1.67 bits per heavy atom. The maximum Gasteiger partial charge on any atom is 0.126 e. The van der Waals surface area contributed by atoms with E-state index in [1.54, 1.807) is 14.0 Å². The van der Waals surface area contributed by atoms with Crippen molar-refractivity contribution < 1.29 is 0 Å². The van der Waals surface area contributed by atoms with Gasteiger partial charge in [-0.25, -0.2) is 0 Å². The molecule has 0 rings (SSSR count). The van der Waals surface area contributed by atoms with Crippen molar-refractivity contribution in [3.05, 3.63) is 9.28 Å². The minimum atomic E-state index is 0.0914. The van der Waals surface area contributed by atoms with E-state index in [-0.39, 0.29) is 5.17 Å². The van der Waals surface area contributed by atoms with E-state index in [0.29, 0.717) is 0 Å². The summed E-state index contributed by atoms with van der Waals surface area (Å²) in [6.07, 6.45) is 0. The Balaban J connectivity index is 4.28. The van der Waals surface area contributed by atoms with Gasteiger partial charge in [-0.3, -0.25) is 5.41 Å². The van der Waals surface area contributed by atoms with Crippen LogP contribution in [0, 0.1) is 5.41 Å². The zero-order chi connectivity index (χ0) is 7.44. The van der Waals surface area contributed by atoms with Gasteiger partial charge in [0.25, 0.3) is 0 Å². The molecular weight excluding hydrogens is 250 g/mol. The fraction of sp³-hybridized carbons (Fsp3) is 0.400. The van der Waals surface area contributed by atoms with Crippen LogP contribution in [0.3, 0.4) is 0 Å². The van der Waals surface area contributed by atoms with Crippen LogP contribution in [0.1, 0.15) is 6.92 Å². The minimum Gasteiger partial charge on any atom is -0.383 e. The first-order valence-corrected chi connectivity index (χ1v) is 3.83. The predicted octanol–water partition coefficient (Wildman–Crippen LogP) is 2.09. The summed E-state index contributed by atoms with van der Waals surface area (Å²) in [7, 11) is 1.80. The third-order valence-electron chi connectivity index (χ3n) is 0.878. The second kappa shape index (κ2) is 4.11. The van der Waals surface area contributed by atoms with E-state index in [4.69, 9.17) is 17.0 Å². The largest absolute Gasteiger partial charge is 0.383 e. The quantitative estimate of drug-likeness (QED) is 0.444. The maximum atomic E-state index is 7.00. The minimum absolute atomic E-state index is 0.0914. The summed E-state index contributed by atoms with van der Waals surface area (Å²) in [4.78, 5) is 0. The zero-order valence-corrected chi connectivity index (χ0v) is 8.17. The molecule has 0 atom stereocenters. The highest BCUT2D eigenvalue weighted by Crippen LogP contribution is 2.10. The van der Waals surface area contributed by atoms with Crippen LogP contribution in [0.15, 0.2) is 9.28 Å². The van der Waals surface area contributed by atoms with Crippen molar-refractivity contribution in [1.82, 2.24) is 5.32 Å². The molecule has 9 heavy (non-hydrogen) atoms. The highest BCUT2D eigenvalue weighted by molar-refractivity contribution is 14.1. The van der Waals surface area contributed by atoms with Crippen LogP contribution in [0.25, 0.3) is 0 Å². The van der Waals surface area contributed by atoms with Gasteiger partial charge in [0.2, 0.25) is 0 Å². The van der Waals surface area contributed by atoms with Crippen LogP contribution >= 0.6 is 34.2 Å². The summed E-state index contributed by atoms with van der Waals surface area (Å²) < 4.78 is 0.910. The average Bonchev–Trinajstić information content (AvgIpc) is 1.84. The van der Waals surface area contributed by atoms with Gasteiger partial charge < -0.3 is 5.32 Å². The molecule has 0 fully saturated rings. The third-order valence-corrected chi connectivity index (χ3v) is 2.51. The van der Waals surface area contributed by atoms with Crippen LogP contribution in [0.5, 0.6) is 0 Å². The second-order valence-corrected chi connectivity index (χ2v) is 2.96. The van der Waals surface area contributed by atoms with E-state index in [9.17, 15) is 0 Å². The summed E-state index contributed by atoms with van der Waals surface area (Å²) in [6.45, 7) is 1.80. The van der Waals surface area contributed by atoms with Crippen molar-refractivity contribution in [3.63, 3.8) is 0 Å². The topological polar surface area (TPSA) is 35.9 Å². The molecule has 0 aromatic heterocycles. The molecule has 0 bridgehead atoms. The van der Waals surface area contributed by atoms with Crippen LogP contribution in [-0.4, -0.2) is 12.2 Å². The van der Waals surface area contributed by atoms with Crippen molar-refractivity contribution in [2.45, 2.75) is 6.92 Å². The Hall–Kier alpha value is 0.230. The Morgan fingerprint density at radius 3 is 2.22 bits per heavy atom. The lowest BCUT2D eigenvalue weighted by atomic mass is 10.4. The fourth-order valence-electron chi connectivity index (χ4n) is 0.284. The number of hydrogen-bond donors (Lipinski definition) is 2. The van der Waals surface area contributed by atoms with Gasteiger partial charge in [-0.05, 0) is 29.5 Å². The average molecular weight is 258 g/mol. The molecule has 0 amide bonds. The number of rotatable bonds is 2. The monoisotopic (exact) mass is 258 g/mol. The van der Waals surface area contributed by atoms with Gasteiger partial charge in [0.15, 0.2) is 0 Å². The molecule has 0 saturated heterocycles. The molecule has 0 heterocycles. The summed E-state index contributed by atoms with van der Waals surface area (Å²) in [6, 6.07) is 0. The predicted molar refractivity (Wildman–Crippen MR) is 49.4 cm³/mol. The molecule has 2 N–H and O–H groups in total. The molecule has 0 saturated carbocycles. The Labute approximate surface area is 73.3 Å². The number of halogens is 2. The van der Waals surface area contributed by atoms with Crippen LogP contribution in [0.4, 0.5) is 0 Å². The Bertz CT molecular complexity index is 153. The summed E-state index contributed by atoms with van der Waals surface area (Å²) in [5, 5.41) is 9.98. The van der Waals surface area contributed by atoms with Crippen LogP contribution < -0.4 is 5.32 Å². The maximum absolute atomic E-state index is 7.00. The van der Waals surface area contributed by atoms with Gasteiger partial charge in [0, 0.05) is 12.6 Å². The summed E-state index contributed by atoms with van der Waals surface area (Å²) >= 11 is 7.47. The van der Waals surface area contributed by atoms with E-state index in [1.165, 1.54) is 0 Å². The molecule has 4 heteroatoms. The Kier molecular flexibility index (Phi) is 4.22. The fourth-order valence-corrected chi connectivity index (χ4v) is 0.807. The molecule has 0 aromatic rings. The van der Waals surface area contributed by atoms with E-state index < -0.39 is 0 Å². The van der Waals surface area contributed by atoms with Crippen molar-refractivity contribution in [2.24, 2.45) is 0 Å². The zero-order valence-electron chi connectivity index (χ0n) is 5.26. The van der Waals surface area contributed by atoms with Gasteiger partial charge in [-0.2, -0.15) is 0 Å². The SMILES string of the molecule is CN/C(I)=C(/C)C(=N)Cl. The molecule has 2 nitrogen and oxygen atoms in total. The molecule has 0 aromatic carbocycles. The molecule has 0 aliphatic carbocycles. The van der Waals surface area contributed by atoms with E-state index in [1.807, 2.05) is 0 Å². The first-order chi connectivity index (χ1) is 4.09. The lowest BCUT2D eigenvalue weighted by Crippen LogP contribution is -2.04. The molecule has 0 aliphatic rings. The molecule has 0 radical (unpaired) electrons. The third kappa shape index (κ3) is 3.05. The van der Waals surface area contributed by atoms with Crippen LogP contribution in [-0.2, 0) is 0 Å². The Morgan fingerprint density at radius 2 is 2.11 bits per heavy atom. The van der Waals surface area contributed by atoms with Crippen molar-refractivity contribution in [2.75, 3.05) is 7.05 Å². The van der Waals surface area contributed by atoms with Gasteiger partial charge in [0.05, 0.1) is 3.70 Å². The highest BCUT2D eigenvalue weighted by Gasteiger charge is 1.98. The van der Waals surface area contributed by atoms with E-state index >= 15 is 0 Å². The van der Waals surface area contributed by atoms with Gasteiger partial charge in [0.1, 0.15) is 5.17 Å². The first kappa shape index (κ1) is 9.23. The van der Waals surface area contributed by atoms with E-state index in [2.05, 4.69) is 27.9 Å². The standard InChI is InChI=1S/C5H8ClIN2/c1-3(4(6)8)5(7)9-2/h8-9H,1-2H3/b5-3-,8-4?. The van der Waals surface area contributed by atoms with Crippen molar-refractivity contribution in [3.8, 4) is 0 Å². The van der Waals surface area contributed by atoms with Gasteiger partial charge in [-0.1, -0.05) is 11.6 Å².